The number of hydrogen-bond acceptors (Lipinski definition) is 3. The lowest BCUT2D eigenvalue weighted by Crippen LogP contribution is -2.29. The monoisotopic (exact) mass is 494 g/mol. The van der Waals surface area contributed by atoms with Crippen LogP contribution in [0.15, 0.2) is 58.8 Å². The van der Waals surface area contributed by atoms with Crippen molar-refractivity contribution in [1.82, 2.24) is 0 Å². The zero-order valence-corrected chi connectivity index (χ0v) is 23.6. The van der Waals surface area contributed by atoms with Crippen molar-refractivity contribution < 1.29 is 0 Å². The van der Waals surface area contributed by atoms with Gasteiger partial charge in [-0.1, -0.05) is 72.1 Å². The molecular weight excluding hydrogens is 456 g/mol. The Morgan fingerprint density at radius 3 is 2.09 bits per heavy atom. The van der Waals surface area contributed by atoms with E-state index in [1.165, 1.54) is 34.1 Å². The van der Waals surface area contributed by atoms with Crippen LogP contribution in [0, 0.1) is 6.92 Å². The van der Waals surface area contributed by atoms with E-state index in [1.807, 2.05) is 24.3 Å². The predicted molar refractivity (Wildman–Crippen MR) is 152 cm³/mol. The molecule has 2 aromatic carbocycles. The van der Waals surface area contributed by atoms with Gasteiger partial charge in [0, 0.05) is 15.1 Å². The second-order valence-electron chi connectivity index (χ2n) is 9.42. The molecule has 0 saturated heterocycles. The summed E-state index contributed by atoms with van der Waals surface area (Å²) in [6.07, 6.45) is 5.84. The maximum Gasteiger partial charge on any atom is 0.110 e. The first-order valence-corrected chi connectivity index (χ1v) is 13.4. The molecule has 3 rings (SSSR count). The molecule has 0 atom stereocenters. The first-order chi connectivity index (χ1) is 16.1. The van der Waals surface area contributed by atoms with Crippen LogP contribution < -0.4 is 10.4 Å². The van der Waals surface area contributed by atoms with E-state index in [2.05, 4.69) is 90.8 Å². The van der Waals surface area contributed by atoms with E-state index in [0.717, 1.165) is 27.9 Å². The molecule has 0 bridgehead atoms. The fourth-order valence-electron chi connectivity index (χ4n) is 3.53. The Morgan fingerprint density at radius 1 is 0.971 bits per heavy atom. The Balaban J connectivity index is 0.000000945. The summed E-state index contributed by atoms with van der Waals surface area (Å²) in [5.74, 6) is 0. The first kappa shape index (κ1) is 28.0. The minimum absolute atomic E-state index is 0.0333. The number of rotatable bonds is 5. The van der Waals surface area contributed by atoms with Crippen molar-refractivity contribution in [3.05, 3.63) is 84.9 Å². The molecule has 0 spiro atoms. The maximum atomic E-state index is 6.01. The maximum absolute atomic E-state index is 6.01. The Morgan fingerprint density at radius 2 is 1.62 bits per heavy atom. The molecule has 1 aromatic heterocycles. The predicted octanol–water partition coefficient (Wildman–Crippen LogP) is 9.12. The summed E-state index contributed by atoms with van der Waals surface area (Å²) < 4.78 is 0. The quantitative estimate of drug-likeness (QED) is 0.316. The smallest absolute Gasteiger partial charge is 0.110 e. The third-order valence-corrected chi connectivity index (χ3v) is 6.84. The number of azo groups is 1. The van der Waals surface area contributed by atoms with Crippen molar-refractivity contribution in [2.75, 3.05) is 0 Å². The minimum atomic E-state index is 0.0333. The highest BCUT2D eigenvalue weighted by molar-refractivity contribution is 7.13. The summed E-state index contributed by atoms with van der Waals surface area (Å²) in [4.78, 5) is 2.38. The SMILES string of the molecule is CC=c1c(CC)c/c(=C(\N=Nc2ccc(Cl)cc2)c2ccc(C)s2)cc1C(C)(C)C.CCCC. The Kier molecular flexibility index (Phi) is 10.7. The van der Waals surface area contributed by atoms with Crippen LogP contribution >= 0.6 is 22.9 Å². The van der Waals surface area contributed by atoms with Crippen LogP contribution in [0.3, 0.4) is 0 Å². The molecule has 2 nitrogen and oxygen atoms in total. The number of thiophene rings is 1. The Hall–Kier alpha value is -2.23. The molecule has 0 aliphatic carbocycles. The molecule has 3 aromatic rings. The van der Waals surface area contributed by atoms with Gasteiger partial charge in [-0.3, -0.25) is 0 Å². The number of halogens is 1. The fraction of sp³-hybridized carbons (Fsp3) is 0.400. The van der Waals surface area contributed by atoms with Crippen LogP contribution in [0.5, 0.6) is 0 Å². The summed E-state index contributed by atoms with van der Waals surface area (Å²) in [6, 6.07) is 16.3. The lowest BCUT2D eigenvalue weighted by Gasteiger charge is -2.22. The van der Waals surface area contributed by atoms with Crippen molar-refractivity contribution in [3.8, 4) is 0 Å². The number of unbranched alkanes of at least 4 members (excludes halogenated alkanes) is 1. The van der Waals surface area contributed by atoms with Crippen LogP contribution in [0.4, 0.5) is 5.69 Å². The second kappa shape index (κ2) is 13.0. The molecule has 0 aliphatic rings. The van der Waals surface area contributed by atoms with Crippen molar-refractivity contribution in [1.29, 1.82) is 0 Å². The van der Waals surface area contributed by atoms with Gasteiger partial charge in [-0.2, -0.15) is 5.11 Å². The van der Waals surface area contributed by atoms with Gasteiger partial charge in [0.1, 0.15) is 5.70 Å². The summed E-state index contributed by atoms with van der Waals surface area (Å²) in [7, 11) is 0. The molecule has 0 unspecified atom stereocenters. The van der Waals surface area contributed by atoms with E-state index in [1.54, 1.807) is 11.3 Å². The summed E-state index contributed by atoms with van der Waals surface area (Å²) in [5.41, 5.74) is 4.41. The van der Waals surface area contributed by atoms with Crippen molar-refractivity contribution in [2.24, 2.45) is 10.2 Å². The molecule has 34 heavy (non-hydrogen) atoms. The van der Waals surface area contributed by atoms with Gasteiger partial charge < -0.3 is 0 Å². The molecule has 0 saturated carbocycles. The van der Waals surface area contributed by atoms with Gasteiger partial charge in [-0.05, 0) is 90.6 Å². The van der Waals surface area contributed by atoms with E-state index in [0.29, 0.717) is 5.02 Å². The standard InChI is InChI=1S/C26H29ClN2S.C4H10/c1-7-18-15-19(16-23(22(18)8-2)26(4,5)6)25(24-14-9-17(3)30-24)29-28-21-12-10-20(27)11-13-21;1-3-4-2/h8-16H,7H2,1-6H3;3-4H2,1-2H3/b22-8?,25-19+,29-28?;. The average molecular weight is 495 g/mol. The fourth-order valence-corrected chi connectivity index (χ4v) is 4.53. The molecule has 1 heterocycles. The van der Waals surface area contributed by atoms with Gasteiger partial charge >= 0.3 is 0 Å². The van der Waals surface area contributed by atoms with E-state index in [4.69, 9.17) is 16.7 Å². The van der Waals surface area contributed by atoms with Gasteiger partial charge in [-0.15, -0.1) is 16.5 Å². The first-order valence-electron chi connectivity index (χ1n) is 12.2. The number of hydrogen-bond donors (Lipinski definition) is 0. The highest BCUT2D eigenvalue weighted by atomic mass is 35.5. The third-order valence-electron chi connectivity index (χ3n) is 5.58. The average Bonchev–Trinajstić information content (AvgIpc) is 3.25. The van der Waals surface area contributed by atoms with Crippen LogP contribution in [-0.2, 0) is 11.8 Å². The van der Waals surface area contributed by atoms with Crippen LogP contribution in [0.1, 0.15) is 82.2 Å². The van der Waals surface area contributed by atoms with Crippen molar-refractivity contribution >= 4 is 40.4 Å². The minimum Gasteiger partial charge on any atom is -0.151 e. The zero-order chi connectivity index (χ0) is 25.3. The molecule has 0 aliphatic heterocycles. The third kappa shape index (κ3) is 7.65. The zero-order valence-electron chi connectivity index (χ0n) is 22.0. The summed E-state index contributed by atoms with van der Waals surface area (Å²) in [5, 5.41) is 12.4. The molecule has 0 fully saturated rings. The second-order valence-corrected chi connectivity index (χ2v) is 11.1. The number of benzene rings is 2. The lowest BCUT2D eigenvalue weighted by molar-refractivity contribution is 0.584. The number of nitrogens with zero attached hydrogens (tertiary/aromatic N) is 2. The summed E-state index contributed by atoms with van der Waals surface area (Å²) >= 11 is 7.76. The van der Waals surface area contributed by atoms with Crippen LogP contribution in [0.2, 0.25) is 5.02 Å². The largest absolute Gasteiger partial charge is 0.151 e. The van der Waals surface area contributed by atoms with E-state index in [-0.39, 0.29) is 5.41 Å². The molecule has 0 amide bonds. The van der Waals surface area contributed by atoms with Crippen molar-refractivity contribution in [2.45, 2.75) is 80.1 Å². The molecule has 4 heteroatoms. The molecule has 182 valence electrons. The summed E-state index contributed by atoms with van der Waals surface area (Å²) in [6.45, 7) is 17.6. The van der Waals surface area contributed by atoms with E-state index >= 15 is 0 Å². The Labute approximate surface area is 215 Å². The lowest BCUT2D eigenvalue weighted by atomic mass is 9.83. The molecule has 0 radical (unpaired) electrons. The van der Waals surface area contributed by atoms with E-state index in [9.17, 15) is 0 Å². The normalized spacial score (nSPS) is 13.1. The topological polar surface area (TPSA) is 24.7 Å². The Bertz CT molecular complexity index is 1210. The van der Waals surface area contributed by atoms with Crippen molar-refractivity contribution in [3.63, 3.8) is 0 Å². The van der Waals surface area contributed by atoms with E-state index < -0.39 is 0 Å². The number of aryl methyl sites for hydroxylation is 2. The highest BCUT2D eigenvalue weighted by Gasteiger charge is 2.18. The highest BCUT2D eigenvalue weighted by Crippen LogP contribution is 2.26. The van der Waals surface area contributed by atoms with Gasteiger partial charge in [0.05, 0.1) is 10.6 Å². The molecule has 0 N–H and O–H groups in total. The van der Waals surface area contributed by atoms with Gasteiger partial charge in [0.25, 0.3) is 0 Å². The van der Waals surface area contributed by atoms with Gasteiger partial charge in [-0.25, -0.2) is 0 Å². The van der Waals surface area contributed by atoms with Crippen LogP contribution in [0.25, 0.3) is 11.8 Å². The van der Waals surface area contributed by atoms with Crippen LogP contribution in [-0.4, -0.2) is 0 Å². The molecular formula is C30H39ClN2S. The van der Waals surface area contributed by atoms with Gasteiger partial charge in [0.15, 0.2) is 0 Å². The van der Waals surface area contributed by atoms with Gasteiger partial charge in [0.2, 0.25) is 0 Å².